The summed E-state index contributed by atoms with van der Waals surface area (Å²) >= 11 is 0. The van der Waals surface area contributed by atoms with Crippen LogP contribution in [0.4, 0.5) is 0 Å². The van der Waals surface area contributed by atoms with Gasteiger partial charge in [0.15, 0.2) is 0 Å². The Hall–Kier alpha value is -1.80. The van der Waals surface area contributed by atoms with Crippen LogP contribution in [0, 0.1) is 17.9 Å². The zero-order valence-electron chi connectivity index (χ0n) is 11.9. The zero-order valence-corrected chi connectivity index (χ0v) is 11.9. The van der Waals surface area contributed by atoms with Gasteiger partial charge < -0.3 is 4.74 Å². The molecule has 2 aromatic rings. The summed E-state index contributed by atoms with van der Waals surface area (Å²) in [6.45, 7) is 0. The largest absolute Gasteiger partial charge is 0.490 e. The molecule has 2 nitrogen and oxygen atoms in total. The van der Waals surface area contributed by atoms with Crippen molar-refractivity contribution in [3.63, 3.8) is 0 Å². The molecule has 2 heteroatoms. The van der Waals surface area contributed by atoms with Gasteiger partial charge in [-0.15, -0.1) is 0 Å². The van der Waals surface area contributed by atoms with Crippen molar-refractivity contribution < 1.29 is 9.84 Å². The van der Waals surface area contributed by atoms with E-state index in [-0.39, 0.29) is 12.2 Å². The Kier molecular flexibility index (Phi) is 3.19. The van der Waals surface area contributed by atoms with E-state index in [1.165, 1.54) is 11.1 Å². The second-order valence-electron chi connectivity index (χ2n) is 6.24. The van der Waals surface area contributed by atoms with E-state index in [2.05, 4.69) is 30.3 Å². The summed E-state index contributed by atoms with van der Waals surface area (Å²) in [5.74, 6) is 1.74. The van der Waals surface area contributed by atoms with Crippen molar-refractivity contribution in [3.05, 3.63) is 54.6 Å². The van der Waals surface area contributed by atoms with Crippen molar-refractivity contribution in [2.75, 3.05) is 0 Å². The van der Waals surface area contributed by atoms with Gasteiger partial charge in [0.25, 0.3) is 0 Å². The highest BCUT2D eigenvalue weighted by Gasteiger charge is 2.47. The molecule has 21 heavy (non-hydrogen) atoms. The Morgan fingerprint density at radius 3 is 2.19 bits per heavy atom. The van der Waals surface area contributed by atoms with Crippen LogP contribution in [-0.2, 0) is 5.11 Å². The van der Waals surface area contributed by atoms with Gasteiger partial charge >= 0.3 is 0 Å². The Morgan fingerprint density at radius 1 is 0.857 bits per heavy atom. The predicted octanol–water partition coefficient (Wildman–Crippen LogP) is 4.13. The van der Waals surface area contributed by atoms with E-state index in [0.29, 0.717) is 11.8 Å². The van der Waals surface area contributed by atoms with E-state index in [1.807, 2.05) is 24.3 Å². The van der Waals surface area contributed by atoms with Gasteiger partial charge in [0.05, 0.1) is 6.10 Å². The number of hydrogen-bond donors (Lipinski definition) is 0. The van der Waals surface area contributed by atoms with Crippen LogP contribution >= 0.6 is 0 Å². The lowest BCUT2D eigenvalue weighted by Crippen LogP contribution is -2.28. The van der Waals surface area contributed by atoms with Crippen molar-refractivity contribution in [1.29, 1.82) is 0 Å². The first-order valence-corrected chi connectivity index (χ1v) is 7.68. The van der Waals surface area contributed by atoms with Gasteiger partial charge in [0.2, 0.25) is 0 Å². The molecule has 4 unspecified atom stereocenters. The molecule has 4 rings (SSSR count). The molecule has 0 aromatic heterocycles. The Balaban J connectivity index is 1.46. The summed E-state index contributed by atoms with van der Waals surface area (Å²) in [6.07, 6.45) is 2.71. The second kappa shape index (κ2) is 5.19. The topological polar surface area (TPSA) is 29.1 Å². The van der Waals surface area contributed by atoms with Crippen LogP contribution in [0.2, 0.25) is 0 Å². The quantitative estimate of drug-likeness (QED) is 0.830. The third-order valence-corrected chi connectivity index (χ3v) is 4.92. The minimum absolute atomic E-state index is 0.248. The number of benzene rings is 2. The normalized spacial score (nSPS) is 30.5. The van der Waals surface area contributed by atoms with Crippen LogP contribution in [0.5, 0.6) is 5.75 Å². The van der Waals surface area contributed by atoms with Crippen LogP contribution in [0.15, 0.2) is 48.5 Å². The molecule has 2 aliphatic rings. The first kappa shape index (κ1) is 12.9. The average molecular weight is 278 g/mol. The molecule has 0 aliphatic heterocycles. The zero-order chi connectivity index (χ0) is 14.2. The van der Waals surface area contributed by atoms with Gasteiger partial charge in [-0.05, 0) is 60.4 Å². The fourth-order valence-electron chi connectivity index (χ4n) is 3.79. The molecule has 106 valence electrons. The molecule has 0 saturated heterocycles. The highest BCUT2D eigenvalue weighted by molar-refractivity contribution is 5.63. The lowest BCUT2D eigenvalue weighted by molar-refractivity contribution is 0.0110. The number of rotatable bonds is 3. The molecule has 2 radical (unpaired) electrons. The van der Waals surface area contributed by atoms with E-state index in [1.54, 1.807) is 0 Å². The summed E-state index contributed by atoms with van der Waals surface area (Å²) < 4.78 is 6.10. The molecule has 0 heterocycles. The van der Waals surface area contributed by atoms with Gasteiger partial charge in [-0.2, -0.15) is 0 Å². The molecule has 4 atom stereocenters. The van der Waals surface area contributed by atoms with Gasteiger partial charge in [0.1, 0.15) is 11.9 Å². The summed E-state index contributed by atoms with van der Waals surface area (Å²) in [6, 6.07) is 19.2. The SMILES string of the molecule is [O]C1CC2CC1CC2Oc1ccc(-c2cc[c]cc2)cc1. The van der Waals surface area contributed by atoms with E-state index >= 15 is 0 Å². The van der Waals surface area contributed by atoms with Gasteiger partial charge in [0, 0.05) is 0 Å². The summed E-state index contributed by atoms with van der Waals surface area (Å²) in [5.41, 5.74) is 2.37. The van der Waals surface area contributed by atoms with Crippen LogP contribution in [0.3, 0.4) is 0 Å². The Labute approximate surface area is 125 Å². The molecule has 0 spiro atoms. The highest BCUT2D eigenvalue weighted by Crippen LogP contribution is 2.46. The van der Waals surface area contributed by atoms with Crippen molar-refractivity contribution in [2.24, 2.45) is 11.8 Å². The van der Waals surface area contributed by atoms with Crippen LogP contribution in [0.25, 0.3) is 11.1 Å². The second-order valence-corrected chi connectivity index (χ2v) is 6.24. The maximum atomic E-state index is 11.7. The fraction of sp³-hybridized carbons (Fsp3) is 0.368. The summed E-state index contributed by atoms with van der Waals surface area (Å²) in [7, 11) is 0. The summed E-state index contributed by atoms with van der Waals surface area (Å²) in [5, 5.41) is 11.7. The van der Waals surface area contributed by atoms with Crippen LogP contribution in [-0.4, -0.2) is 12.2 Å². The number of ether oxygens (including phenoxy) is 1. The maximum Gasteiger partial charge on any atom is 0.119 e. The smallest absolute Gasteiger partial charge is 0.119 e. The van der Waals surface area contributed by atoms with E-state index in [0.717, 1.165) is 25.0 Å². The van der Waals surface area contributed by atoms with Gasteiger partial charge in [-0.3, -0.25) is 0 Å². The number of hydrogen-bond acceptors (Lipinski definition) is 1. The molecule has 0 amide bonds. The van der Waals surface area contributed by atoms with Crippen LogP contribution < -0.4 is 4.74 Å². The Morgan fingerprint density at radius 2 is 1.57 bits per heavy atom. The van der Waals surface area contributed by atoms with Crippen molar-refractivity contribution >= 4 is 0 Å². The number of fused-ring (bicyclic) bond motifs is 2. The third kappa shape index (κ3) is 2.44. The summed E-state index contributed by atoms with van der Waals surface area (Å²) in [4.78, 5) is 0. The molecule has 2 saturated carbocycles. The molecule has 2 aliphatic carbocycles. The first-order valence-electron chi connectivity index (χ1n) is 7.68. The molecule has 0 N–H and O–H groups in total. The van der Waals surface area contributed by atoms with Gasteiger partial charge in [-0.25, -0.2) is 5.11 Å². The molecule has 2 aromatic carbocycles. The van der Waals surface area contributed by atoms with Crippen LogP contribution in [0.1, 0.15) is 19.3 Å². The molecule has 2 bridgehead atoms. The van der Waals surface area contributed by atoms with E-state index in [9.17, 15) is 5.11 Å². The predicted molar refractivity (Wildman–Crippen MR) is 80.4 cm³/mol. The highest BCUT2D eigenvalue weighted by atomic mass is 16.5. The first-order chi connectivity index (χ1) is 10.3. The van der Waals surface area contributed by atoms with E-state index < -0.39 is 0 Å². The standard InChI is InChI=1S/C19H18O2/c20-18-11-16-10-15(18)12-19(16)21-17-8-6-14(7-9-17)13-4-2-1-3-5-13/h2-9,15-16,18-19H,10-12H2. The monoisotopic (exact) mass is 278 g/mol. The minimum Gasteiger partial charge on any atom is -0.490 e. The lowest BCUT2D eigenvalue weighted by Gasteiger charge is -2.25. The molecule has 2 fully saturated rings. The third-order valence-electron chi connectivity index (χ3n) is 4.92. The van der Waals surface area contributed by atoms with Crippen molar-refractivity contribution in [3.8, 4) is 16.9 Å². The Bertz CT molecular complexity index is 603. The van der Waals surface area contributed by atoms with Crippen molar-refractivity contribution in [1.82, 2.24) is 0 Å². The van der Waals surface area contributed by atoms with Gasteiger partial charge in [-0.1, -0.05) is 36.4 Å². The minimum atomic E-state index is -0.341. The maximum absolute atomic E-state index is 11.7. The van der Waals surface area contributed by atoms with E-state index in [4.69, 9.17) is 4.74 Å². The fourth-order valence-corrected chi connectivity index (χ4v) is 3.79. The average Bonchev–Trinajstić information content (AvgIpc) is 3.08. The lowest BCUT2D eigenvalue weighted by atomic mass is 9.95. The molecular formula is C19H18O2. The molecular weight excluding hydrogens is 260 g/mol. The van der Waals surface area contributed by atoms with Crippen molar-refractivity contribution in [2.45, 2.75) is 31.5 Å².